The summed E-state index contributed by atoms with van der Waals surface area (Å²) in [4.78, 5) is 27.5. The molecule has 2 aromatic carbocycles. The fourth-order valence-corrected chi connectivity index (χ4v) is 3.87. The molecule has 0 unspecified atom stereocenters. The van der Waals surface area contributed by atoms with Crippen LogP contribution in [0.1, 0.15) is 37.5 Å². The van der Waals surface area contributed by atoms with Gasteiger partial charge in [0.05, 0.1) is 30.7 Å². The highest BCUT2D eigenvalue weighted by Gasteiger charge is 2.38. The Kier molecular flexibility index (Phi) is 7.36. The standard InChI is InChI=1S/C26H19F3N6O4/c1-14-21(23(36)32-18-5-3-4-17(9-18)25(37)35-12-16(11-31)13-35)24(34-33-22(14)26(27,28)29)39-19-7-6-15(10-30)8-20(19)38-2/h3-9,16H,12-13H2,1-2H3,(H,32,36). The second kappa shape index (κ2) is 10.7. The number of hydrogen-bond acceptors (Lipinski definition) is 8. The molecule has 3 aromatic rings. The van der Waals surface area contributed by atoms with Gasteiger partial charge < -0.3 is 19.7 Å². The third kappa shape index (κ3) is 5.57. The van der Waals surface area contributed by atoms with Crippen LogP contribution in [-0.4, -0.2) is 47.1 Å². The minimum atomic E-state index is -4.90. The zero-order valence-corrected chi connectivity index (χ0v) is 20.5. The van der Waals surface area contributed by atoms with Crippen molar-refractivity contribution in [1.82, 2.24) is 15.1 Å². The van der Waals surface area contributed by atoms with Crippen molar-refractivity contribution in [2.24, 2.45) is 5.92 Å². The predicted molar refractivity (Wildman–Crippen MR) is 129 cm³/mol. The lowest BCUT2D eigenvalue weighted by Gasteiger charge is -2.35. The summed E-state index contributed by atoms with van der Waals surface area (Å²) in [6.07, 6.45) is -4.90. The van der Waals surface area contributed by atoms with Crippen LogP contribution in [0.3, 0.4) is 0 Å². The van der Waals surface area contributed by atoms with Crippen molar-refractivity contribution in [2.75, 3.05) is 25.5 Å². The summed E-state index contributed by atoms with van der Waals surface area (Å²) in [6, 6.07) is 13.9. The molecule has 2 heterocycles. The minimum absolute atomic E-state index is 0.0168. The van der Waals surface area contributed by atoms with Gasteiger partial charge in [-0.1, -0.05) is 6.07 Å². The van der Waals surface area contributed by atoms with Crippen molar-refractivity contribution in [3.05, 3.63) is 70.4 Å². The summed E-state index contributed by atoms with van der Waals surface area (Å²) in [5, 5.41) is 27.3. The van der Waals surface area contributed by atoms with Crippen LogP contribution in [0.25, 0.3) is 0 Å². The summed E-state index contributed by atoms with van der Waals surface area (Å²) in [6.45, 7) is 1.63. The highest BCUT2D eigenvalue weighted by Crippen LogP contribution is 2.37. The van der Waals surface area contributed by atoms with E-state index in [1.54, 1.807) is 0 Å². The molecule has 0 radical (unpaired) electrons. The molecule has 13 heteroatoms. The van der Waals surface area contributed by atoms with Gasteiger partial charge in [0.25, 0.3) is 17.7 Å². The zero-order valence-electron chi connectivity index (χ0n) is 20.5. The summed E-state index contributed by atoms with van der Waals surface area (Å²) in [7, 11) is 1.30. The Balaban J connectivity index is 1.68. The van der Waals surface area contributed by atoms with Gasteiger partial charge in [-0.15, -0.1) is 10.2 Å². The Morgan fingerprint density at radius 3 is 2.49 bits per heavy atom. The first-order valence-corrected chi connectivity index (χ1v) is 11.4. The number of carbonyl (C=O) groups excluding carboxylic acids is 2. The molecule has 1 aliphatic rings. The number of alkyl halides is 3. The molecule has 198 valence electrons. The molecule has 4 rings (SSSR count). The van der Waals surface area contributed by atoms with E-state index >= 15 is 0 Å². The number of likely N-dealkylation sites (tertiary alicyclic amines) is 1. The average Bonchev–Trinajstić information content (AvgIpc) is 2.87. The van der Waals surface area contributed by atoms with E-state index in [0.717, 1.165) is 6.92 Å². The molecule has 1 fully saturated rings. The molecule has 0 atom stereocenters. The predicted octanol–water partition coefficient (Wildman–Crippen LogP) is 4.32. The van der Waals surface area contributed by atoms with E-state index in [9.17, 15) is 22.8 Å². The first kappa shape index (κ1) is 26.9. The van der Waals surface area contributed by atoms with Gasteiger partial charge in [0.15, 0.2) is 17.2 Å². The largest absolute Gasteiger partial charge is 0.493 e. The number of methoxy groups -OCH3 is 1. The number of halogens is 3. The first-order chi connectivity index (χ1) is 18.5. The molecule has 0 bridgehead atoms. The van der Waals surface area contributed by atoms with Crippen LogP contribution in [0.4, 0.5) is 18.9 Å². The van der Waals surface area contributed by atoms with Gasteiger partial charge in [0.1, 0.15) is 5.56 Å². The van der Waals surface area contributed by atoms with E-state index in [1.807, 2.05) is 6.07 Å². The highest BCUT2D eigenvalue weighted by atomic mass is 19.4. The van der Waals surface area contributed by atoms with E-state index in [1.165, 1.54) is 54.5 Å². The van der Waals surface area contributed by atoms with Crippen molar-refractivity contribution in [2.45, 2.75) is 13.1 Å². The number of nitriles is 2. The van der Waals surface area contributed by atoms with Crippen LogP contribution in [0.5, 0.6) is 17.4 Å². The number of ether oxygens (including phenoxy) is 2. The molecule has 1 aromatic heterocycles. The number of hydrogen-bond donors (Lipinski definition) is 1. The third-order valence-corrected chi connectivity index (χ3v) is 5.90. The maximum Gasteiger partial charge on any atom is 0.435 e. The smallest absolute Gasteiger partial charge is 0.435 e. The lowest BCUT2D eigenvalue weighted by molar-refractivity contribution is -0.142. The number of aromatic nitrogens is 2. The van der Waals surface area contributed by atoms with Gasteiger partial charge >= 0.3 is 6.18 Å². The van der Waals surface area contributed by atoms with Crippen molar-refractivity contribution in [3.8, 4) is 29.5 Å². The Morgan fingerprint density at radius 1 is 1.10 bits per heavy atom. The highest BCUT2D eigenvalue weighted by molar-refractivity contribution is 6.07. The molecular formula is C26H19F3N6O4. The maximum atomic E-state index is 13.6. The second-order valence-electron chi connectivity index (χ2n) is 8.50. The molecule has 1 saturated heterocycles. The van der Waals surface area contributed by atoms with Gasteiger partial charge in [0, 0.05) is 30.4 Å². The normalized spacial score (nSPS) is 13.1. The second-order valence-corrected chi connectivity index (χ2v) is 8.50. The number of rotatable bonds is 6. The molecule has 0 spiro atoms. The molecule has 2 amide bonds. The van der Waals surface area contributed by atoms with Gasteiger partial charge in [-0.25, -0.2) is 0 Å². The molecule has 0 aliphatic carbocycles. The summed E-state index contributed by atoms with van der Waals surface area (Å²) < 4.78 is 51.6. The minimum Gasteiger partial charge on any atom is -0.493 e. The monoisotopic (exact) mass is 536 g/mol. The number of anilines is 1. The fraction of sp³-hybridized carbons (Fsp3) is 0.231. The Hall–Kier alpha value is -5.17. The average molecular weight is 536 g/mol. The van der Waals surface area contributed by atoms with E-state index in [-0.39, 0.29) is 53.2 Å². The van der Waals surface area contributed by atoms with Crippen molar-refractivity contribution in [3.63, 3.8) is 0 Å². The van der Waals surface area contributed by atoms with E-state index in [0.29, 0.717) is 0 Å². The first-order valence-electron chi connectivity index (χ1n) is 11.4. The van der Waals surface area contributed by atoms with Crippen molar-refractivity contribution < 1.29 is 32.2 Å². The van der Waals surface area contributed by atoms with Gasteiger partial charge in [-0.3, -0.25) is 9.59 Å². The van der Waals surface area contributed by atoms with Crippen LogP contribution < -0.4 is 14.8 Å². The molecular weight excluding hydrogens is 517 g/mol. The maximum absolute atomic E-state index is 13.6. The number of nitrogens with zero attached hydrogens (tertiary/aromatic N) is 5. The molecule has 0 saturated carbocycles. The number of benzene rings is 2. The van der Waals surface area contributed by atoms with Crippen LogP contribution >= 0.6 is 0 Å². The quantitative estimate of drug-likeness (QED) is 0.491. The van der Waals surface area contributed by atoms with E-state index in [4.69, 9.17) is 20.0 Å². The van der Waals surface area contributed by atoms with Crippen LogP contribution in [0.2, 0.25) is 0 Å². The van der Waals surface area contributed by atoms with Crippen LogP contribution in [0, 0.1) is 35.5 Å². The lowest BCUT2D eigenvalue weighted by atomic mass is 10.0. The molecule has 1 N–H and O–H groups in total. The van der Waals surface area contributed by atoms with E-state index < -0.39 is 34.8 Å². The SMILES string of the molecule is COc1cc(C#N)ccc1Oc1nnc(C(F)(F)F)c(C)c1C(=O)Nc1cccc(C(=O)N2CC(C#N)C2)c1. The van der Waals surface area contributed by atoms with Crippen molar-refractivity contribution >= 4 is 17.5 Å². The fourth-order valence-electron chi connectivity index (χ4n) is 3.87. The number of carbonyl (C=O) groups is 2. The molecule has 1 aliphatic heterocycles. The summed E-state index contributed by atoms with van der Waals surface area (Å²) in [5.74, 6) is -2.05. The Bertz CT molecular complexity index is 1540. The Labute approximate surface area is 220 Å². The topological polar surface area (TPSA) is 141 Å². The number of amides is 2. The van der Waals surface area contributed by atoms with Crippen LogP contribution in [-0.2, 0) is 6.18 Å². The van der Waals surface area contributed by atoms with Gasteiger partial charge in [-0.2, -0.15) is 23.7 Å². The zero-order chi connectivity index (χ0) is 28.3. The number of nitrogens with one attached hydrogen (secondary N) is 1. The van der Waals surface area contributed by atoms with Gasteiger partial charge in [-0.05, 0) is 42.8 Å². The lowest BCUT2D eigenvalue weighted by Crippen LogP contribution is -2.49. The van der Waals surface area contributed by atoms with Crippen molar-refractivity contribution in [1.29, 1.82) is 10.5 Å². The third-order valence-electron chi connectivity index (χ3n) is 5.90. The molecule has 10 nitrogen and oxygen atoms in total. The Morgan fingerprint density at radius 2 is 1.85 bits per heavy atom. The van der Waals surface area contributed by atoms with E-state index in [2.05, 4.69) is 21.6 Å². The molecule has 39 heavy (non-hydrogen) atoms. The summed E-state index contributed by atoms with van der Waals surface area (Å²) in [5.41, 5.74) is -1.85. The summed E-state index contributed by atoms with van der Waals surface area (Å²) >= 11 is 0. The van der Waals surface area contributed by atoms with Gasteiger partial charge in [0.2, 0.25) is 0 Å². The van der Waals surface area contributed by atoms with Crippen LogP contribution in [0.15, 0.2) is 42.5 Å².